The molecule has 1 saturated carbocycles. The molecule has 0 bridgehead atoms. The van der Waals surface area contributed by atoms with E-state index in [2.05, 4.69) is 0 Å². The molecule has 1 aliphatic carbocycles. The molecule has 0 atom stereocenters. The van der Waals surface area contributed by atoms with Gasteiger partial charge in [0.15, 0.2) is 11.6 Å². The second-order valence-corrected chi connectivity index (χ2v) is 8.22. The fourth-order valence-electron chi connectivity index (χ4n) is 4.68. The topological polar surface area (TPSA) is 18.5 Å². The van der Waals surface area contributed by atoms with Crippen molar-refractivity contribution in [3.05, 3.63) is 83.2 Å². The summed E-state index contributed by atoms with van der Waals surface area (Å²) in [6.45, 7) is 2.35. The fourth-order valence-corrected chi connectivity index (χ4v) is 4.68. The average molecular weight is 441 g/mol. The summed E-state index contributed by atoms with van der Waals surface area (Å²) < 4.78 is 55.0. The van der Waals surface area contributed by atoms with E-state index in [4.69, 9.17) is 9.47 Å². The normalized spacial score (nSPS) is 18.4. The Labute approximate surface area is 187 Å². The molecule has 0 unspecified atom stereocenters. The summed E-state index contributed by atoms with van der Waals surface area (Å²) in [4.78, 5) is 0. The highest BCUT2D eigenvalue weighted by molar-refractivity contribution is 5.65. The van der Waals surface area contributed by atoms with Crippen LogP contribution in [-0.2, 0) is 0 Å². The van der Waals surface area contributed by atoms with Gasteiger partial charge in [0.25, 0.3) is 0 Å². The van der Waals surface area contributed by atoms with Crippen molar-refractivity contribution in [2.75, 3.05) is 13.7 Å². The average Bonchev–Trinajstić information content (AvgIpc) is 2.82. The van der Waals surface area contributed by atoms with Gasteiger partial charge in [0, 0.05) is 11.6 Å². The molecule has 0 heterocycles. The molecule has 0 aliphatic heterocycles. The quantitative estimate of drug-likeness (QED) is 0.392. The molecule has 0 amide bonds. The van der Waals surface area contributed by atoms with Crippen LogP contribution in [0.4, 0.5) is 13.2 Å². The number of hydrogen-bond donors (Lipinski definition) is 0. The number of halogens is 3. The lowest BCUT2D eigenvalue weighted by molar-refractivity contribution is 0.336. The third-order valence-electron chi connectivity index (χ3n) is 6.40. The van der Waals surface area contributed by atoms with Crippen LogP contribution in [0.1, 0.15) is 55.6 Å². The minimum atomic E-state index is -0.827. The van der Waals surface area contributed by atoms with Gasteiger partial charge in [-0.2, -0.15) is 0 Å². The van der Waals surface area contributed by atoms with Crippen LogP contribution in [0, 0.1) is 17.5 Å². The van der Waals surface area contributed by atoms with Crippen molar-refractivity contribution < 1.29 is 22.6 Å². The number of ether oxygens (including phenoxy) is 2. The molecule has 4 rings (SSSR count). The minimum absolute atomic E-state index is 0.0728. The smallest absolute Gasteiger partial charge is 0.166 e. The Kier molecular flexibility index (Phi) is 6.73. The SMILES string of the molecule is CCOc1ccc(C2CCC(c3ccc(-c4ccc(OC)cc4)c(F)c3F)CC2)c(F)c1. The molecule has 168 valence electrons. The van der Waals surface area contributed by atoms with Gasteiger partial charge in [-0.05, 0) is 79.3 Å². The van der Waals surface area contributed by atoms with Gasteiger partial charge in [-0.25, -0.2) is 13.2 Å². The van der Waals surface area contributed by atoms with E-state index in [1.165, 1.54) is 6.07 Å². The predicted octanol–water partition coefficient (Wildman–Crippen LogP) is 7.62. The molecule has 3 aromatic carbocycles. The number of methoxy groups -OCH3 is 1. The molecule has 1 aliphatic rings. The highest BCUT2D eigenvalue weighted by Gasteiger charge is 2.28. The van der Waals surface area contributed by atoms with E-state index < -0.39 is 11.6 Å². The Balaban J connectivity index is 1.48. The van der Waals surface area contributed by atoms with E-state index in [0.717, 1.165) is 12.8 Å². The summed E-state index contributed by atoms with van der Waals surface area (Å²) in [7, 11) is 1.56. The zero-order chi connectivity index (χ0) is 22.7. The molecule has 3 aromatic rings. The molecular weight excluding hydrogens is 413 g/mol. The van der Waals surface area contributed by atoms with Gasteiger partial charge in [0.2, 0.25) is 0 Å². The van der Waals surface area contributed by atoms with Gasteiger partial charge in [-0.1, -0.05) is 30.3 Å². The minimum Gasteiger partial charge on any atom is -0.497 e. The largest absolute Gasteiger partial charge is 0.497 e. The standard InChI is InChI=1S/C27H27F3O2/c1-3-32-21-12-13-22(25(28)16-21)17-4-6-18(7-5-17)23-14-15-24(27(30)26(23)29)19-8-10-20(31-2)11-9-19/h8-18H,3-7H2,1-2H3. The molecule has 0 radical (unpaired) electrons. The van der Waals surface area contributed by atoms with E-state index >= 15 is 4.39 Å². The van der Waals surface area contributed by atoms with Crippen molar-refractivity contribution in [2.45, 2.75) is 44.4 Å². The van der Waals surface area contributed by atoms with Crippen molar-refractivity contribution in [3.63, 3.8) is 0 Å². The first kappa shape index (κ1) is 22.3. The first-order valence-electron chi connectivity index (χ1n) is 11.1. The highest BCUT2D eigenvalue weighted by atomic mass is 19.2. The second-order valence-electron chi connectivity index (χ2n) is 8.22. The van der Waals surface area contributed by atoms with Crippen LogP contribution in [0.15, 0.2) is 54.6 Å². The first-order chi connectivity index (χ1) is 15.5. The predicted molar refractivity (Wildman–Crippen MR) is 120 cm³/mol. The Morgan fingerprint density at radius 2 is 1.34 bits per heavy atom. The van der Waals surface area contributed by atoms with E-state index in [1.54, 1.807) is 55.6 Å². The lowest BCUT2D eigenvalue weighted by atomic mass is 9.75. The molecule has 0 saturated heterocycles. The van der Waals surface area contributed by atoms with Crippen LogP contribution in [0.3, 0.4) is 0 Å². The van der Waals surface area contributed by atoms with Gasteiger partial charge in [0.1, 0.15) is 17.3 Å². The molecule has 0 spiro atoms. The van der Waals surface area contributed by atoms with E-state index in [1.807, 2.05) is 6.92 Å². The third-order valence-corrected chi connectivity index (χ3v) is 6.40. The Hall–Kier alpha value is -2.95. The zero-order valence-electron chi connectivity index (χ0n) is 18.3. The molecule has 0 aromatic heterocycles. The maximum absolute atomic E-state index is 15.0. The van der Waals surface area contributed by atoms with Crippen LogP contribution in [0.5, 0.6) is 11.5 Å². The molecule has 1 fully saturated rings. The van der Waals surface area contributed by atoms with Gasteiger partial charge in [-0.15, -0.1) is 0 Å². The van der Waals surface area contributed by atoms with E-state index in [9.17, 15) is 8.78 Å². The summed E-state index contributed by atoms with van der Waals surface area (Å²) in [6, 6.07) is 15.2. The monoisotopic (exact) mass is 440 g/mol. The number of rotatable bonds is 6. The van der Waals surface area contributed by atoms with E-state index in [-0.39, 0.29) is 23.2 Å². The van der Waals surface area contributed by atoms with Crippen LogP contribution < -0.4 is 9.47 Å². The van der Waals surface area contributed by atoms with Gasteiger partial charge < -0.3 is 9.47 Å². The lowest BCUT2D eigenvalue weighted by Gasteiger charge is -2.30. The molecule has 32 heavy (non-hydrogen) atoms. The van der Waals surface area contributed by atoms with Crippen molar-refractivity contribution in [3.8, 4) is 22.6 Å². The van der Waals surface area contributed by atoms with Gasteiger partial charge >= 0.3 is 0 Å². The second kappa shape index (κ2) is 9.68. The molecule has 5 heteroatoms. The summed E-state index contributed by atoms with van der Waals surface area (Å²) in [5.74, 6) is -0.685. The fraction of sp³-hybridized carbons (Fsp3) is 0.333. The van der Waals surface area contributed by atoms with Crippen molar-refractivity contribution in [1.29, 1.82) is 0 Å². The molecular formula is C27H27F3O2. The Bertz CT molecular complexity index is 1070. The van der Waals surface area contributed by atoms with Crippen molar-refractivity contribution in [2.24, 2.45) is 0 Å². The lowest BCUT2D eigenvalue weighted by Crippen LogP contribution is -2.15. The highest BCUT2D eigenvalue weighted by Crippen LogP contribution is 2.43. The van der Waals surface area contributed by atoms with E-state index in [0.29, 0.717) is 47.6 Å². The van der Waals surface area contributed by atoms with Crippen LogP contribution in [0.2, 0.25) is 0 Å². The van der Waals surface area contributed by atoms with Crippen molar-refractivity contribution >= 4 is 0 Å². The third kappa shape index (κ3) is 4.47. The summed E-state index contributed by atoms with van der Waals surface area (Å²) in [5, 5.41) is 0. The summed E-state index contributed by atoms with van der Waals surface area (Å²) >= 11 is 0. The van der Waals surface area contributed by atoms with Crippen LogP contribution in [0.25, 0.3) is 11.1 Å². The molecule has 2 nitrogen and oxygen atoms in total. The maximum atomic E-state index is 15.0. The first-order valence-corrected chi connectivity index (χ1v) is 11.1. The van der Waals surface area contributed by atoms with Crippen molar-refractivity contribution in [1.82, 2.24) is 0 Å². The summed E-state index contributed by atoms with van der Waals surface area (Å²) in [5.41, 5.74) is 1.92. The van der Waals surface area contributed by atoms with Gasteiger partial charge in [-0.3, -0.25) is 0 Å². The summed E-state index contributed by atoms with van der Waals surface area (Å²) in [6.07, 6.45) is 2.85. The van der Waals surface area contributed by atoms with Crippen LogP contribution in [-0.4, -0.2) is 13.7 Å². The Morgan fingerprint density at radius 1 is 0.750 bits per heavy atom. The number of benzene rings is 3. The number of hydrogen-bond acceptors (Lipinski definition) is 2. The zero-order valence-corrected chi connectivity index (χ0v) is 18.3. The van der Waals surface area contributed by atoms with Crippen LogP contribution >= 0.6 is 0 Å². The maximum Gasteiger partial charge on any atom is 0.166 e. The Morgan fingerprint density at radius 3 is 1.94 bits per heavy atom. The molecule has 0 N–H and O–H groups in total. The van der Waals surface area contributed by atoms with Gasteiger partial charge in [0.05, 0.1) is 13.7 Å².